The van der Waals surface area contributed by atoms with Crippen LogP contribution in [-0.2, 0) is 6.42 Å². The molecule has 17 heavy (non-hydrogen) atoms. The SMILES string of the molecule is Cc1cc(C)cc(CC(=O)c2ccc(C)o2)c1. The van der Waals surface area contributed by atoms with Gasteiger partial charge < -0.3 is 4.42 Å². The van der Waals surface area contributed by atoms with Crippen LogP contribution in [0.4, 0.5) is 0 Å². The summed E-state index contributed by atoms with van der Waals surface area (Å²) in [6.45, 7) is 5.92. The topological polar surface area (TPSA) is 30.2 Å². The zero-order valence-corrected chi connectivity index (χ0v) is 10.4. The van der Waals surface area contributed by atoms with Crippen molar-refractivity contribution in [3.63, 3.8) is 0 Å². The highest BCUT2D eigenvalue weighted by Gasteiger charge is 2.11. The molecule has 1 aromatic heterocycles. The van der Waals surface area contributed by atoms with Crippen molar-refractivity contribution in [2.24, 2.45) is 0 Å². The monoisotopic (exact) mass is 228 g/mol. The Morgan fingerprint density at radius 1 is 1.06 bits per heavy atom. The smallest absolute Gasteiger partial charge is 0.202 e. The number of hydrogen-bond acceptors (Lipinski definition) is 2. The molecule has 0 spiro atoms. The van der Waals surface area contributed by atoms with Crippen LogP contribution in [0.25, 0.3) is 0 Å². The predicted octanol–water partition coefficient (Wildman–Crippen LogP) is 3.63. The van der Waals surface area contributed by atoms with Gasteiger partial charge in [0.1, 0.15) is 5.76 Å². The molecule has 0 unspecified atom stereocenters. The number of carbonyl (C=O) groups excluding carboxylic acids is 1. The van der Waals surface area contributed by atoms with Crippen LogP contribution < -0.4 is 0 Å². The lowest BCUT2D eigenvalue weighted by Gasteiger charge is -2.03. The molecule has 2 nitrogen and oxygen atoms in total. The van der Waals surface area contributed by atoms with Gasteiger partial charge in [-0.3, -0.25) is 4.79 Å². The van der Waals surface area contributed by atoms with Crippen LogP contribution >= 0.6 is 0 Å². The summed E-state index contributed by atoms with van der Waals surface area (Å²) in [5.41, 5.74) is 3.41. The van der Waals surface area contributed by atoms with E-state index in [0.717, 1.165) is 11.3 Å². The van der Waals surface area contributed by atoms with Gasteiger partial charge in [-0.15, -0.1) is 0 Å². The van der Waals surface area contributed by atoms with E-state index >= 15 is 0 Å². The molecule has 2 aromatic rings. The zero-order chi connectivity index (χ0) is 12.4. The van der Waals surface area contributed by atoms with Crippen LogP contribution in [0, 0.1) is 20.8 Å². The Balaban J connectivity index is 2.18. The second-order valence-corrected chi connectivity index (χ2v) is 4.51. The molecule has 0 saturated carbocycles. The molecular formula is C15H16O2. The second-order valence-electron chi connectivity index (χ2n) is 4.51. The van der Waals surface area contributed by atoms with Crippen molar-refractivity contribution >= 4 is 5.78 Å². The number of hydrogen-bond donors (Lipinski definition) is 0. The van der Waals surface area contributed by atoms with Crippen molar-refractivity contribution in [1.29, 1.82) is 0 Å². The minimum Gasteiger partial charge on any atom is -0.458 e. The second kappa shape index (κ2) is 4.58. The third-order valence-electron chi connectivity index (χ3n) is 2.66. The average Bonchev–Trinajstić information content (AvgIpc) is 2.63. The molecule has 2 rings (SSSR count). The summed E-state index contributed by atoms with van der Waals surface area (Å²) in [5, 5.41) is 0. The fourth-order valence-electron chi connectivity index (χ4n) is 2.03. The van der Waals surface area contributed by atoms with Gasteiger partial charge in [-0.2, -0.15) is 0 Å². The van der Waals surface area contributed by atoms with Crippen molar-refractivity contribution in [1.82, 2.24) is 0 Å². The van der Waals surface area contributed by atoms with Gasteiger partial charge in [0.2, 0.25) is 5.78 Å². The highest BCUT2D eigenvalue weighted by Crippen LogP contribution is 2.14. The number of rotatable bonds is 3. The van der Waals surface area contributed by atoms with Crippen LogP contribution in [-0.4, -0.2) is 5.78 Å². The molecule has 0 aliphatic heterocycles. The first-order valence-electron chi connectivity index (χ1n) is 5.71. The van der Waals surface area contributed by atoms with Crippen LogP contribution in [0.3, 0.4) is 0 Å². The molecule has 1 aromatic carbocycles. The Morgan fingerprint density at radius 3 is 2.24 bits per heavy atom. The van der Waals surface area contributed by atoms with Crippen LogP contribution in [0.2, 0.25) is 0 Å². The van der Waals surface area contributed by atoms with E-state index in [-0.39, 0.29) is 5.78 Å². The number of ketones is 1. The van der Waals surface area contributed by atoms with Gasteiger partial charge in [0.25, 0.3) is 0 Å². The zero-order valence-electron chi connectivity index (χ0n) is 10.4. The maximum absolute atomic E-state index is 12.0. The third-order valence-corrected chi connectivity index (χ3v) is 2.66. The van der Waals surface area contributed by atoms with Crippen molar-refractivity contribution in [3.05, 3.63) is 58.5 Å². The molecule has 0 bridgehead atoms. The molecule has 0 aliphatic rings. The number of benzene rings is 1. The minimum absolute atomic E-state index is 0.0306. The molecule has 0 aliphatic carbocycles. The molecule has 0 N–H and O–H groups in total. The summed E-state index contributed by atoms with van der Waals surface area (Å²) in [4.78, 5) is 12.0. The number of Topliss-reactive ketones (excluding diaryl/α,β-unsaturated/α-hetero) is 1. The first kappa shape index (κ1) is 11.6. The van der Waals surface area contributed by atoms with Gasteiger partial charge in [-0.1, -0.05) is 29.3 Å². The first-order chi connectivity index (χ1) is 8.04. The van der Waals surface area contributed by atoms with E-state index in [1.807, 2.05) is 39.0 Å². The van der Waals surface area contributed by atoms with Gasteiger partial charge in [0, 0.05) is 6.42 Å². The lowest BCUT2D eigenvalue weighted by Crippen LogP contribution is -2.02. The fraction of sp³-hybridized carbons (Fsp3) is 0.267. The van der Waals surface area contributed by atoms with E-state index < -0.39 is 0 Å². The highest BCUT2D eigenvalue weighted by atomic mass is 16.3. The normalized spacial score (nSPS) is 10.5. The largest absolute Gasteiger partial charge is 0.458 e. The number of carbonyl (C=O) groups is 1. The standard InChI is InChI=1S/C15H16O2/c1-10-6-11(2)8-13(7-10)9-14(16)15-5-4-12(3)17-15/h4-8H,9H2,1-3H3. The average molecular weight is 228 g/mol. The summed E-state index contributed by atoms with van der Waals surface area (Å²) in [7, 11) is 0. The van der Waals surface area contributed by atoms with Crippen LogP contribution in [0.15, 0.2) is 34.7 Å². The van der Waals surface area contributed by atoms with Gasteiger partial charge in [0.15, 0.2) is 5.76 Å². The lowest BCUT2D eigenvalue weighted by atomic mass is 10.0. The molecular weight excluding hydrogens is 212 g/mol. The van der Waals surface area contributed by atoms with Crippen molar-refractivity contribution in [2.45, 2.75) is 27.2 Å². The number of furan rings is 1. The van der Waals surface area contributed by atoms with Crippen LogP contribution in [0.1, 0.15) is 33.0 Å². The molecule has 0 saturated heterocycles. The van der Waals surface area contributed by atoms with E-state index in [1.165, 1.54) is 11.1 Å². The molecule has 0 fully saturated rings. The summed E-state index contributed by atoms with van der Waals surface area (Å²) in [5.74, 6) is 1.25. The third kappa shape index (κ3) is 2.84. The highest BCUT2D eigenvalue weighted by molar-refractivity contribution is 5.95. The Bertz CT molecular complexity index is 530. The Hall–Kier alpha value is -1.83. The fourth-order valence-corrected chi connectivity index (χ4v) is 2.03. The first-order valence-corrected chi connectivity index (χ1v) is 5.71. The van der Waals surface area contributed by atoms with Crippen molar-refractivity contribution < 1.29 is 9.21 Å². The Morgan fingerprint density at radius 2 is 1.71 bits per heavy atom. The summed E-state index contributed by atoms with van der Waals surface area (Å²) in [6.07, 6.45) is 0.398. The van der Waals surface area contributed by atoms with Gasteiger partial charge in [-0.25, -0.2) is 0 Å². The van der Waals surface area contributed by atoms with Gasteiger partial charge in [0.05, 0.1) is 0 Å². The van der Waals surface area contributed by atoms with Crippen LogP contribution in [0.5, 0.6) is 0 Å². The van der Waals surface area contributed by atoms with Gasteiger partial charge >= 0.3 is 0 Å². The van der Waals surface area contributed by atoms with Crippen molar-refractivity contribution in [2.75, 3.05) is 0 Å². The minimum atomic E-state index is 0.0306. The van der Waals surface area contributed by atoms with Gasteiger partial charge in [-0.05, 0) is 38.5 Å². The van der Waals surface area contributed by atoms with E-state index in [4.69, 9.17) is 4.42 Å². The van der Waals surface area contributed by atoms with E-state index in [0.29, 0.717) is 12.2 Å². The molecule has 88 valence electrons. The molecule has 0 radical (unpaired) electrons. The maximum Gasteiger partial charge on any atom is 0.202 e. The van der Waals surface area contributed by atoms with E-state index in [2.05, 4.69) is 6.07 Å². The summed E-state index contributed by atoms with van der Waals surface area (Å²) in [6, 6.07) is 9.74. The summed E-state index contributed by atoms with van der Waals surface area (Å²) < 4.78 is 5.33. The van der Waals surface area contributed by atoms with Crippen molar-refractivity contribution in [3.8, 4) is 0 Å². The Labute approximate surface area is 101 Å². The quantitative estimate of drug-likeness (QED) is 0.751. The molecule has 2 heteroatoms. The lowest BCUT2D eigenvalue weighted by molar-refractivity contribution is 0.0965. The molecule has 0 atom stereocenters. The predicted molar refractivity (Wildman–Crippen MR) is 67.4 cm³/mol. The Kier molecular flexibility index (Phi) is 3.14. The maximum atomic E-state index is 12.0. The van der Waals surface area contributed by atoms with E-state index in [1.54, 1.807) is 6.07 Å². The molecule has 0 amide bonds. The van der Waals surface area contributed by atoms with E-state index in [9.17, 15) is 4.79 Å². The summed E-state index contributed by atoms with van der Waals surface area (Å²) >= 11 is 0. The number of aryl methyl sites for hydroxylation is 3. The molecule has 1 heterocycles.